The third kappa shape index (κ3) is 3.08. The lowest BCUT2D eigenvalue weighted by Crippen LogP contribution is -2.33. The summed E-state index contributed by atoms with van der Waals surface area (Å²) in [4.78, 5) is 0. The predicted molar refractivity (Wildman–Crippen MR) is 73.7 cm³/mol. The van der Waals surface area contributed by atoms with Gasteiger partial charge in [-0.25, -0.2) is 0 Å². The minimum atomic E-state index is 0.628. The zero-order chi connectivity index (χ0) is 12.9. The van der Waals surface area contributed by atoms with Crippen molar-refractivity contribution in [3.63, 3.8) is 0 Å². The zero-order valence-electron chi connectivity index (χ0n) is 10.8. The first-order valence-corrected chi connectivity index (χ1v) is 6.70. The number of anilines is 1. The predicted octanol–water partition coefficient (Wildman–Crippen LogP) is 1.28. The number of hydrogen-bond acceptors (Lipinski definition) is 5. The molecule has 6 nitrogen and oxygen atoms in total. The van der Waals surface area contributed by atoms with Gasteiger partial charge in [-0.3, -0.25) is 0 Å². The quantitative estimate of drug-likeness (QED) is 0.770. The Balaban J connectivity index is 1.63. The molecule has 1 aromatic heterocycles. The minimum absolute atomic E-state index is 0.628. The SMILES string of the molecule is c1cc(NCC2CCCNC2)cc(-c2nn[nH]n2)c1. The summed E-state index contributed by atoms with van der Waals surface area (Å²) >= 11 is 0. The summed E-state index contributed by atoms with van der Waals surface area (Å²) in [6.45, 7) is 3.27. The minimum Gasteiger partial charge on any atom is -0.385 e. The Morgan fingerprint density at radius 1 is 1.37 bits per heavy atom. The highest BCUT2D eigenvalue weighted by Gasteiger charge is 2.12. The van der Waals surface area contributed by atoms with Crippen LogP contribution < -0.4 is 10.6 Å². The standard InChI is InChI=1S/C13H18N6/c1-4-11(13-16-18-19-17-13)7-12(5-1)15-9-10-3-2-6-14-8-10/h1,4-5,7,10,14-15H,2-3,6,8-9H2,(H,16,17,18,19). The molecule has 1 unspecified atom stereocenters. The summed E-state index contributed by atoms with van der Waals surface area (Å²) in [7, 11) is 0. The Morgan fingerprint density at radius 3 is 3.16 bits per heavy atom. The lowest BCUT2D eigenvalue weighted by atomic mass is 9.99. The van der Waals surface area contributed by atoms with E-state index in [4.69, 9.17) is 0 Å². The molecule has 1 fully saturated rings. The van der Waals surface area contributed by atoms with Crippen LogP contribution in [0.5, 0.6) is 0 Å². The molecule has 19 heavy (non-hydrogen) atoms. The summed E-state index contributed by atoms with van der Waals surface area (Å²) < 4.78 is 0. The smallest absolute Gasteiger partial charge is 0.204 e. The molecule has 0 bridgehead atoms. The van der Waals surface area contributed by atoms with Gasteiger partial charge < -0.3 is 10.6 Å². The maximum absolute atomic E-state index is 3.99. The maximum atomic E-state index is 3.99. The molecule has 0 saturated carbocycles. The first-order valence-electron chi connectivity index (χ1n) is 6.70. The molecule has 0 radical (unpaired) electrons. The summed E-state index contributed by atoms with van der Waals surface area (Å²) in [6, 6.07) is 8.12. The van der Waals surface area contributed by atoms with Crippen LogP contribution in [0.3, 0.4) is 0 Å². The van der Waals surface area contributed by atoms with E-state index in [1.165, 1.54) is 12.8 Å². The van der Waals surface area contributed by atoms with Crippen LogP contribution in [0.25, 0.3) is 11.4 Å². The lowest BCUT2D eigenvalue weighted by molar-refractivity contribution is 0.393. The molecule has 2 aromatic rings. The highest BCUT2D eigenvalue weighted by Crippen LogP contribution is 2.19. The van der Waals surface area contributed by atoms with Crippen molar-refractivity contribution < 1.29 is 0 Å². The van der Waals surface area contributed by atoms with Gasteiger partial charge in [0.1, 0.15) is 0 Å². The first-order chi connectivity index (χ1) is 9.42. The number of aromatic amines is 1. The normalized spacial score (nSPS) is 19.3. The van der Waals surface area contributed by atoms with Crippen molar-refractivity contribution in [2.45, 2.75) is 12.8 Å². The Morgan fingerprint density at radius 2 is 2.37 bits per heavy atom. The van der Waals surface area contributed by atoms with Crippen LogP contribution in [0.15, 0.2) is 24.3 Å². The van der Waals surface area contributed by atoms with Crippen molar-refractivity contribution in [2.24, 2.45) is 5.92 Å². The van der Waals surface area contributed by atoms with Gasteiger partial charge in [0.2, 0.25) is 5.82 Å². The second kappa shape index (κ2) is 5.79. The van der Waals surface area contributed by atoms with E-state index in [-0.39, 0.29) is 0 Å². The van der Waals surface area contributed by atoms with Gasteiger partial charge in [0.15, 0.2) is 0 Å². The van der Waals surface area contributed by atoms with Crippen molar-refractivity contribution in [2.75, 3.05) is 25.0 Å². The summed E-state index contributed by atoms with van der Waals surface area (Å²) in [5.41, 5.74) is 2.08. The van der Waals surface area contributed by atoms with E-state index >= 15 is 0 Å². The highest BCUT2D eigenvalue weighted by molar-refractivity contribution is 5.61. The monoisotopic (exact) mass is 258 g/mol. The Hall–Kier alpha value is -1.95. The number of benzene rings is 1. The van der Waals surface area contributed by atoms with E-state index in [0.717, 1.165) is 30.9 Å². The Labute approximate surface area is 112 Å². The second-order valence-electron chi connectivity index (χ2n) is 4.91. The molecule has 100 valence electrons. The first kappa shape index (κ1) is 12.1. The number of hydrogen-bond donors (Lipinski definition) is 3. The van der Waals surface area contributed by atoms with E-state index < -0.39 is 0 Å². The number of rotatable bonds is 4. The van der Waals surface area contributed by atoms with Crippen molar-refractivity contribution in [3.05, 3.63) is 24.3 Å². The molecule has 1 saturated heterocycles. The van der Waals surface area contributed by atoms with E-state index in [9.17, 15) is 0 Å². The van der Waals surface area contributed by atoms with Crippen molar-refractivity contribution in [3.8, 4) is 11.4 Å². The zero-order valence-corrected chi connectivity index (χ0v) is 10.8. The van der Waals surface area contributed by atoms with Gasteiger partial charge in [-0.05, 0) is 49.2 Å². The fraction of sp³-hybridized carbons (Fsp3) is 0.462. The van der Waals surface area contributed by atoms with Gasteiger partial charge in [0, 0.05) is 17.8 Å². The van der Waals surface area contributed by atoms with Gasteiger partial charge in [-0.2, -0.15) is 5.21 Å². The molecule has 6 heteroatoms. The van der Waals surface area contributed by atoms with Crippen LogP contribution in [0, 0.1) is 5.92 Å². The third-order valence-electron chi connectivity index (χ3n) is 3.46. The number of aromatic nitrogens is 4. The van der Waals surface area contributed by atoms with E-state index in [0.29, 0.717) is 11.7 Å². The van der Waals surface area contributed by atoms with Gasteiger partial charge in [0.05, 0.1) is 0 Å². The Bertz CT molecular complexity index is 504. The van der Waals surface area contributed by atoms with Crippen LogP contribution in [0.4, 0.5) is 5.69 Å². The molecular weight excluding hydrogens is 240 g/mol. The van der Waals surface area contributed by atoms with Gasteiger partial charge in [-0.15, -0.1) is 10.2 Å². The molecule has 0 aliphatic carbocycles. The number of nitrogens with zero attached hydrogens (tertiary/aromatic N) is 3. The molecule has 0 spiro atoms. The Kier molecular flexibility index (Phi) is 3.69. The average Bonchev–Trinajstić information content (AvgIpc) is 3.01. The van der Waals surface area contributed by atoms with Gasteiger partial charge >= 0.3 is 0 Å². The molecule has 1 aromatic carbocycles. The molecule has 0 amide bonds. The largest absolute Gasteiger partial charge is 0.385 e. The van der Waals surface area contributed by atoms with Crippen LogP contribution >= 0.6 is 0 Å². The lowest BCUT2D eigenvalue weighted by Gasteiger charge is -2.23. The number of H-pyrrole nitrogens is 1. The molecule has 2 heterocycles. The fourth-order valence-corrected chi connectivity index (χ4v) is 2.41. The highest BCUT2D eigenvalue weighted by atomic mass is 15.5. The maximum Gasteiger partial charge on any atom is 0.204 e. The summed E-state index contributed by atoms with van der Waals surface area (Å²) in [5.74, 6) is 1.34. The number of nitrogens with one attached hydrogen (secondary N) is 3. The van der Waals surface area contributed by atoms with E-state index in [2.05, 4.69) is 43.4 Å². The van der Waals surface area contributed by atoms with Crippen molar-refractivity contribution in [1.29, 1.82) is 0 Å². The molecular formula is C13H18N6. The summed E-state index contributed by atoms with van der Waals surface area (Å²) in [5, 5.41) is 21.0. The van der Waals surface area contributed by atoms with Gasteiger partial charge in [-0.1, -0.05) is 12.1 Å². The molecule has 1 aliphatic heterocycles. The average molecular weight is 258 g/mol. The van der Waals surface area contributed by atoms with Crippen LogP contribution in [0.1, 0.15) is 12.8 Å². The van der Waals surface area contributed by atoms with Crippen LogP contribution in [-0.2, 0) is 0 Å². The third-order valence-corrected chi connectivity index (χ3v) is 3.46. The van der Waals surface area contributed by atoms with Crippen LogP contribution in [-0.4, -0.2) is 40.3 Å². The summed E-state index contributed by atoms with van der Waals surface area (Å²) in [6.07, 6.45) is 2.57. The number of piperidine rings is 1. The fourth-order valence-electron chi connectivity index (χ4n) is 2.41. The molecule has 3 rings (SSSR count). The van der Waals surface area contributed by atoms with Crippen molar-refractivity contribution >= 4 is 5.69 Å². The second-order valence-corrected chi connectivity index (χ2v) is 4.91. The van der Waals surface area contributed by atoms with Gasteiger partial charge in [0.25, 0.3) is 0 Å². The molecule has 1 aliphatic rings. The number of tetrazole rings is 1. The van der Waals surface area contributed by atoms with Crippen molar-refractivity contribution in [1.82, 2.24) is 25.9 Å². The van der Waals surface area contributed by atoms with E-state index in [1.807, 2.05) is 12.1 Å². The molecule has 3 N–H and O–H groups in total. The van der Waals surface area contributed by atoms with E-state index in [1.54, 1.807) is 0 Å². The topological polar surface area (TPSA) is 78.5 Å². The van der Waals surface area contributed by atoms with Crippen LogP contribution in [0.2, 0.25) is 0 Å². The molecule has 1 atom stereocenters.